The number of nitrogens with zero attached hydrogens (tertiary/aromatic N) is 1. The molecular weight excluding hydrogens is 260 g/mol. The molecule has 1 fully saturated rings. The van der Waals surface area contributed by atoms with Gasteiger partial charge >= 0.3 is 5.97 Å². The second-order valence-electron chi connectivity index (χ2n) is 5.20. The summed E-state index contributed by atoms with van der Waals surface area (Å²) in [6.07, 6.45) is 5.13. The number of carbonyl (C=O) groups is 1. The van der Waals surface area contributed by atoms with E-state index in [0.717, 1.165) is 16.6 Å². The molecule has 0 aromatic carbocycles. The number of hydrogen-bond donors (Lipinski definition) is 1. The Morgan fingerprint density at radius 2 is 2.21 bits per heavy atom. The predicted molar refractivity (Wildman–Crippen MR) is 77.9 cm³/mol. The number of aryl methyl sites for hydroxylation is 1. The Labute approximate surface area is 118 Å². The van der Waals surface area contributed by atoms with Crippen molar-refractivity contribution in [2.45, 2.75) is 46.5 Å². The third-order valence-electron chi connectivity index (χ3n) is 4.04. The van der Waals surface area contributed by atoms with Gasteiger partial charge in [0.2, 0.25) is 0 Å². The van der Waals surface area contributed by atoms with Crippen molar-refractivity contribution in [2.75, 3.05) is 18.5 Å². The van der Waals surface area contributed by atoms with Crippen LogP contribution in [0.5, 0.6) is 0 Å². The van der Waals surface area contributed by atoms with Gasteiger partial charge in [-0.1, -0.05) is 13.3 Å². The standard InChI is InChI=1S/C14H22N2O2S/c1-4-14(7-6-8-14)9-15-13-16-11(10(3)19-13)12(17)18-5-2/h4-9H2,1-3H3,(H,15,16). The van der Waals surface area contributed by atoms with E-state index in [1.807, 2.05) is 6.92 Å². The van der Waals surface area contributed by atoms with Crippen LogP contribution in [0.15, 0.2) is 0 Å². The fourth-order valence-corrected chi connectivity index (χ4v) is 3.25. The highest BCUT2D eigenvalue weighted by Crippen LogP contribution is 2.43. The summed E-state index contributed by atoms with van der Waals surface area (Å²) in [6.45, 7) is 7.31. The molecule has 0 saturated heterocycles. The number of carbonyl (C=O) groups excluding carboxylic acids is 1. The number of esters is 1. The summed E-state index contributed by atoms with van der Waals surface area (Å²) in [6, 6.07) is 0. The topological polar surface area (TPSA) is 51.2 Å². The summed E-state index contributed by atoms with van der Waals surface area (Å²) >= 11 is 1.53. The molecule has 1 N–H and O–H groups in total. The van der Waals surface area contributed by atoms with Crippen molar-refractivity contribution < 1.29 is 9.53 Å². The van der Waals surface area contributed by atoms with Crippen molar-refractivity contribution in [1.82, 2.24) is 4.98 Å². The summed E-state index contributed by atoms with van der Waals surface area (Å²) in [5.74, 6) is -0.321. The lowest BCUT2D eigenvalue weighted by Gasteiger charge is -2.41. The third-order valence-corrected chi connectivity index (χ3v) is 4.97. The van der Waals surface area contributed by atoms with E-state index in [9.17, 15) is 4.79 Å². The number of aromatic nitrogens is 1. The highest BCUT2D eigenvalue weighted by atomic mass is 32.1. The van der Waals surface area contributed by atoms with E-state index in [4.69, 9.17) is 4.74 Å². The van der Waals surface area contributed by atoms with Gasteiger partial charge in [-0.3, -0.25) is 0 Å². The minimum Gasteiger partial charge on any atom is -0.461 e. The highest BCUT2D eigenvalue weighted by Gasteiger charge is 2.35. The summed E-state index contributed by atoms with van der Waals surface area (Å²) in [5.41, 5.74) is 0.900. The van der Waals surface area contributed by atoms with Crippen LogP contribution in [0.3, 0.4) is 0 Å². The normalized spacial score (nSPS) is 16.8. The van der Waals surface area contributed by atoms with Crippen LogP contribution < -0.4 is 5.32 Å². The van der Waals surface area contributed by atoms with Gasteiger partial charge < -0.3 is 10.1 Å². The third kappa shape index (κ3) is 3.08. The zero-order valence-electron chi connectivity index (χ0n) is 11.9. The second-order valence-corrected chi connectivity index (χ2v) is 6.41. The maximum Gasteiger partial charge on any atom is 0.358 e. The SMILES string of the molecule is CCOC(=O)c1nc(NCC2(CC)CCC2)sc1C. The average Bonchev–Trinajstić information content (AvgIpc) is 2.70. The first kappa shape index (κ1) is 14.3. The van der Waals surface area contributed by atoms with Crippen molar-refractivity contribution in [2.24, 2.45) is 5.41 Å². The molecule has 0 radical (unpaired) electrons. The molecule has 5 heteroatoms. The Kier molecular flexibility index (Phi) is 4.45. The molecule has 106 valence electrons. The van der Waals surface area contributed by atoms with Gasteiger partial charge in [-0.25, -0.2) is 9.78 Å². The number of ether oxygens (including phenoxy) is 1. The maximum absolute atomic E-state index is 11.7. The number of anilines is 1. The van der Waals surface area contributed by atoms with Crippen molar-refractivity contribution >= 4 is 22.4 Å². The molecule has 1 aliphatic rings. The second kappa shape index (κ2) is 5.90. The van der Waals surface area contributed by atoms with Gasteiger partial charge in [0.1, 0.15) is 0 Å². The van der Waals surface area contributed by atoms with E-state index < -0.39 is 0 Å². The molecule has 1 aromatic heterocycles. The van der Waals surface area contributed by atoms with Gasteiger partial charge in [0.25, 0.3) is 0 Å². The molecule has 1 heterocycles. The van der Waals surface area contributed by atoms with E-state index in [2.05, 4.69) is 17.2 Å². The number of hydrogen-bond acceptors (Lipinski definition) is 5. The number of nitrogens with one attached hydrogen (secondary N) is 1. The average molecular weight is 282 g/mol. The minimum absolute atomic E-state index is 0.321. The largest absolute Gasteiger partial charge is 0.461 e. The maximum atomic E-state index is 11.7. The van der Waals surface area contributed by atoms with Gasteiger partial charge in [-0.05, 0) is 38.5 Å². The molecule has 0 aliphatic heterocycles. The van der Waals surface area contributed by atoms with Gasteiger partial charge in [0, 0.05) is 11.4 Å². The van der Waals surface area contributed by atoms with Crippen LogP contribution in [0.2, 0.25) is 0 Å². The fraction of sp³-hybridized carbons (Fsp3) is 0.714. The summed E-state index contributed by atoms with van der Waals surface area (Å²) in [4.78, 5) is 17.0. The van der Waals surface area contributed by atoms with Crippen molar-refractivity contribution in [3.8, 4) is 0 Å². The zero-order valence-corrected chi connectivity index (χ0v) is 12.7. The molecule has 1 saturated carbocycles. The van der Waals surface area contributed by atoms with E-state index in [1.165, 1.54) is 37.0 Å². The molecule has 0 atom stereocenters. The lowest BCUT2D eigenvalue weighted by atomic mass is 9.67. The van der Waals surface area contributed by atoms with Crippen LogP contribution in [-0.4, -0.2) is 24.1 Å². The van der Waals surface area contributed by atoms with Crippen LogP contribution in [0.1, 0.15) is 54.9 Å². The minimum atomic E-state index is -0.321. The van der Waals surface area contributed by atoms with Crippen LogP contribution in [0, 0.1) is 12.3 Å². The molecule has 2 rings (SSSR count). The van der Waals surface area contributed by atoms with Gasteiger partial charge in [0.15, 0.2) is 10.8 Å². The summed E-state index contributed by atoms with van der Waals surface area (Å²) in [5, 5.41) is 4.23. The van der Waals surface area contributed by atoms with E-state index >= 15 is 0 Å². The molecule has 0 spiro atoms. The smallest absolute Gasteiger partial charge is 0.358 e. The Balaban J connectivity index is 1.98. The van der Waals surface area contributed by atoms with Crippen molar-refractivity contribution in [1.29, 1.82) is 0 Å². The monoisotopic (exact) mass is 282 g/mol. The van der Waals surface area contributed by atoms with Crippen LogP contribution >= 0.6 is 11.3 Å². The van der Waals surface area contributed by atoms with Gasteiger partial charge in [-0.2, -0.15) is 0 Å². The van der Waals surface area contributed by atoms with Crippen LogP contribution in [0.25, 0.3) is 0 Å². The molecule has 1 aliphatic carbocycles. The number of rotatable bonds is 6. The molecule has 0 unspecified atom stereocenters. The van der Waals surface area contributed by atoms with Crippen molar-refractivity contribution in [3.63, 3.8) is 0 Å². The Morgan fingerprint density at radius 1 is 1.47 bits per heavy atom. The molecule has 19 heavy (non-hydrogen) atoms. The highest BCUT2D eigenvalue weighted by molar-refractivity contribution is 7.15. The summed E-state index contributed by atoms with van der Waals surface area (Å²) in [7, 11) is 0. The quantitative estimate of drug-likeness (QED) is 0.810. The summed E-state index contributed by atoms with van der Waals surface area (Å²) < 4.78 is 5.00. The van der Waals surface area contributed by atoms with Gasteiger partial charge in [0.05, 0.1) is 6.61 Å². The lowest BCUT2D eigenvalue weighted by Crippen LogP contribution is -2.35. The Bertz CT molecular complexity index is 447. The zero-order chi connectivity index (χ0) is 13.9. The van der Waals surface area contributed by atoms with E-state index in [1.54, 1.807) is 6.92 Å². The Morgan fingerprint density at radius 3 is 2.74 bits per heavy atom. The van der Waals surface area contributed by atoms with E-state index in [0.29, 0.717) is 17.7 Å². The molecular formula is C14H22N2O2S. The molecule has 4 nitrogen and oxygen atoms in total. The first-order valence-corrected chi connectivity index (χ1v) is 7.80. The molecule has 0 amide bonds. The Hall–Kier alpha value is -1.10. The lowest BCUT2D eigenvalue weighted by molar-refractivity contribution is 0.0519. The van der Waals surface area contributed by atoms with E-state index in [-0.39, 0.29) is 5.97 Å². The molecule has 1 aromatic rings. The first-order chi connectivity index (χ1) is 9.10. The molecule has 0 bridgehead atoms. The van der Waals surface area contributed by atoms with Crippen LogP contribution in [0.4, 0.5) is 5.13 Å². The predicted octanol–water partition coefficient (Wildman–Crippen LogP) is 3.62. The number of thiazole rings is 1. The van der Waals surface area contributed by atoms with Crippen LogP contribution in [-0.2, 0) is 4.74 Å². The van der Waals surface area contributed by atoms with Crippen molar-refractivity contribution in [3.05, 3.63) is 10.6 Å². The first-order valence-electron chi connectivity index (χ1n) is 6.98. The fourth-order valence-electron chi connectivity index (χ4n) is 2.46. The van der Waals surface area contributed by atoms with Gasteiger partial charge in [-0.15, -0.1) is 11.3 Å².